The fourth-order valence-electron chi connectivity index (χ4n) is 2.45. The monoisotopic (exact) mass is 416 g/mol. The maximum absolute atomic E-state index is 13.7. The van der Waals surface area contributed by atoms with Gasteiger partial charge in [-0.25, -0.2) is 4.39 Å². The zero-order valence-corrected chi connectivity index (χ0v) is 16.4. The third-order valence-electron chi connectivity index (χ3n) is 3.84. The maximum Gasteiger partial charge on any atom is 0.293 e. The number of halogens is 1. The summed E-state index contributed by atoms with van der Waals surface area (Å²) in [6, 6.07) is 15.6. The van der Waals surface area contributed by atoms with Crippen LogP contribution in [0.1, 0.15) is 5.56 Å². The number of hydrogen-bond acceptors (Lipinski definition) is 5. The predicted octanol–water partition coefficient (Wildman–Crippen LogP) is 3.77. The second-order valence-corrected chi connectivity index (χ2v) is 7.85. The van der Waals surface area contributed by atoms with Crippen molar-refractivity contribution in [2.45, 2.75) is 4.90 Å². The molecule has 0 unspecified atom stereocenters. The van der Waals surface area contributed by atoms with Crippen molar-refractivity contribution in [3.8, 4) is 0 Å². The molecule has 1 heterocycles. The average molecular weight is 416 g/mol. The third kappa shape index (κ3) is 5.24. The first-order chi connectivity index (χ1) is 13.5. The molecule has 1 N–H and O–H groups in total. The molecule has 3 rings (SSSR count). The maximum atomic E-state index is 13.7. The van der Waals surface area contributed by atoms with Gasteiger partial charge in [0.2, 0.25) is 5.91 Å². The number of hydrogen-bond donors (Lipinski definition) is 1. The largest absolute Gasteiger partial charge is 0.354 e. The van der Waals surface area contributed by atoms with E-state index >= 15 is 0 Å². The van der Waals surface area contributed by atoms with Crippen molar-refractivity contribution < 1.29 is 18.8 Å². The van der Waals surface area contributed by atoms with E-state index in [2.05, 4.69) is 5.32 Å². The zero-order chi connectivity index (χ0) is 19.9. The van der Waals surface area contributed by atoms with Crippen LogP contribution in [0, 0.1) is 5.82 Å². The number of carbonyl (C=O) groups is 3. The number of rotatable bonds is 7. The first kappa shape index (κ1) is 20.2. The summed E-state index contributed by atoms with van der Waals surface area (Å²) in [6.07, 6.45) is 1.37. The highest BCUT2D eigenvalue weighted by molar-refractivity contribution is 8.18. The lowest BCUT2D eigenvalue weighted by Crippen LogP contribution is -2.37. The quantitative estimate of drug-likeness (QED) is 0.550. The van der Waals surface area contributed by atoms with Crippen LogP contribution in [0.3, 0.4) is 0 Å². The summed E-state index contributed by atoms with van der Waals surface area (Å²) in [5.74, 6) is -0.870. The minimum atomic E-state index is -0.480. The van der Waals surface area contributed by atoms with E-state index in [-0.39, 0.29) is 35.2 Å². The van der Waals surface area contributed by atoms with Crippen LogP contribution in [-0.2, 0) is 9.59 Å². The van der Waals surface area contributed by atoms with Crippen molar-refractivity contribution in [3.63, 3.8) is 0 Å². The molecular weight excluding hydrogens is 399 g/mol. The van der Waals surface area contributed by atoms with Crippen LogP contribution in [0.25, 0.3) is 6.08 Å². The van der Waals surface area contributed by atoms with E-state index < -0.39 is 17.0 Å². The Morgan fingerprint density at radius 1 is 1.11 bits per heavy atom. The van der Waals surface area contributed by atoms with Gasteiger partial charge in [-0.3, -0.25) is 19.3 Å². The molecule has 2 aromatic carbocycles. The molecule has 1 aliphatic heterocycles. The Balaban J connectivity index is 1.49. The number of amides is 3. The van der Waals surface area contributed by atoms with Gasteiger partial charge in [-0.05, 0) is 36.0 Å². The fourth-order valence-corrected chi connectivity index (χ4v) is 4.06. The number of imide groups is 1. The highest BCUT2D eigenvalue weighted by atomic mass is 32.2. The minimum Gasteiger partial charge on any atom is -0.354 e. The van der Waals surface area contributed by atoms with Crippen LogP contribution in [0.15, 0.2) is 64.4 Å². The van der Waals surface area contributed by atoms with Gasteiger partial charge in [0.05, 0.1) is 10.7 Å². The van der Waals surface area contributed by atoms with E-state index in [0.717, 1.165) is 21.6 Å². The molecule has 1 saturated heterocycles. The summed E-state index contributed by atoms with van der Waals surface area (Å²) in [7, 11) is 0. The molecule has 5 nitrogen and oxygen atoms in total. The molecule has 144 valence electrons. The van der Waals surface area contributed by atoms with Gasteiger partial charge in [-0.2, -0.15) is 0 Å². The second-order valence-electron chi connectivity index (χ2n) is 5.81. The van der Waals surface area contributed by atoms with Crippen molar-refractivity contribution in [2.24, 2.45) is 0 Å². The van der Waals surface area contributed by atoms with E-state index in [1.54, 1.807) is 12.1 Å². The standard InChI is InChI=1S/C20H17FN2O3S2/c21-16-9-5-4-6-14(16)12-17-19(25)23(20(26)28-17)11-10-22-18(24)13-27-15-7-2-1-3-8-15/h1-9,12H,10-11,13H2,(H,22,24). The molecule has 0 aromatic heterocycles. The molecule has 0 bridgehead atoms. The number of benzene rings is 2. The van der Waals surface area contributed by atoms with Crippen LogP contribution in [-0.4, -0.2) is 40.8 Å². The molecule has 1 aliphatic rings. The van der Waals surface area contributed by atoms with Crippen molar-refractivity contribution in [2.75, 3.05) is 18.8 Å². The first-order valence-electron chi connectivity index (χ1n) is 8.49. The second kappa shape index (κ2) is 9.57. The lowest BCUT2D eigenvalue weighted by Gasteiger charge is -2.13. The number of nitrogens with one attached hydrogen (secondary N) is 1. The van der Waals surface area contributed by atoms with E-state index in [0.29, 0.717) is 0 Å². The molecule has 3 amide bonds. The Kier molecular flexibility index (Phi) is 6.89. The smallest absolute Gasteiger partial charge is 0.293 e. The van der Waals surface area contributed by atoms with Crippen LogP contribution in [0.4, 0.5) is 9.18 Å². The third-order valence-corrected chi connectivity index (χ3v) is 5.76. The van der Waals surface area contributed by atoms with Crippen LogP contribution >= 0.6 is 23.5 Å². The molecule has 0 radical (unpaired) electrons. The normalized spacial score (nSPS) is 15.3. The zero-order valence-electron chi connectivity index (χ0n) is 14.8. The van der Waals surface area contributed by atoms with Gasteiger partial charge >= 0.3 is 0 Å². The number of carbonyl (C=O) groups excluding carboxylic acids is 3. The Morgan fingerprint density at radius 2 is 1.82 bits per heavy atom. The Hall–Kier alpha value is -2.58. The van der Waals surface area contributed by atoms with Crippen molar-refractivity contribution in [3.05, 3.63) is 70.9 Å². The van der Waals surface area contributed by atoms with E-state index in [4.69, 9.17) is 0 Å². The van der Waals surface area contributed by atoms with Gasteiger partial charge in [0.15, 0.2) is 0 Å². The molecule has 0 saturated carbocycles. The van der Waals surface area contributed by atoms with Crippen molar-refractivity contribution >= 4 is 46.7 Å². The molecule has 0 atom stereocenters. The lowest BCUT2D eigenvalue weighted by atomic mass is 10.2. The highest BCUT2D eigenvalue weighted by Crippen LogP contribution is 2.32. The SMILES string of the molecule is O=C(CSc1ccccc1)NCCN1C(=O)SC(=Cc2ccccc2F)C1=O. The summed E-state index contributed by atoms with van der Waals surface area (Å²) in [6.45, 7) is 0.236. The minimum absolute atomic E-state index is 0.0705. The summed E-state index contributed by atoms with van der Waals surface area (Å²) in [5.41, 5.74) is 0.249. The fraction of sp³-hybridized carbons (Fsp3) is 0.150. The number of nitrogens with zero attached hydrogens (tertiary/aromatic N) is 1. The average Bonchev–Trinajstić information content (AvgIpc) is 2.96. The molecule has 0 aliphatic carbocycles. The Morgan fingerprint density at radius 3 is 2.57 bits per heavy atom. The van der Waals surface area contributed by atoms with Crippen molar-refractivity contribution in [1.82, 2.24) is 10.2 Å². The summed E-state index contributed by atoms with van der Waals surface area (Å²) in [4.78, 5) is 38.6. The van der Waals surface area contributed by atoms with E-state index in [1.165, 1.54) is 30.0 Å². The predicted molar refractivity (Wildman–Crippen MR) is 109 cm³/mol. The molecular formula is C20H17FN2O3S2. The molecule has 28 heavy (non-hydrogen) atoms. The van der Waals surface area contributed by atoms with E-state index in [9.17, 15) is 18.8 Å². The topological polar surface area (TPSA) is 66.5 Å². The van der Waals surface area contributed by atoms with E-state index in [1.807, 2.05) is 30.3 Å². The van der Waals surface area contributed by atoms with Gasteiger partial charge in [-0.1, -0.05) is 36.4 Å². The lowest BCUT2D eigenvalue weighted by molar-refractivity contribution is -0.123. The van der Waals surface area contributed by atoms with Gasteiger partial charge in [0.1, 0.15) is 5.82 Å². The summed E-state index contributed by atoms with van der Waals surface area (Å²) >= 11 is 2.17. The molecule has 8 heteroatoms. The van der Waals surface area contributed by atoms with Gasteiger partial charge in [0.25, 0.3) is 11.1 Å². The Labute approximate surface area is 170 Å². The summed E-state index contributed by atoms with van der Waals surface area (Å²) < 4.78 is 13.7. The molecule has 0 spiro atoms. The summed E-state index contributed by atoms with van der Waals surface area (Å²) in [5, 5.41) is 2.27. The highest BCUT2D eigenvalue weighted by Gasteiger charge is 2.34. The Bertz CT molecular complexity index is 919. The molecule has 1 fully saturated rings. The van der Waals surface area contributed by atoms with Gasteiger partial charge in [-0.15, -0.1) is 11.8 Å². The van der Waals surface area contributed by atoms with Crippen LogP contribution < -0.4 is 5.32 Å². The number of thioether (sulfide) groups is 2. The first-order valence-corrected chi connectivity index (χ1v) is 10.3. The molecule has 2 aromatic rings. The van der Waals surface area contributed by atoms with Gasteiger partial charge < -0.3 is 5.32 Å². The van der Waals surface area contributed by atoms with Gasteiger partial charge in [0, 0.05) is 23.5 Å². The van der Waals surface area contributed by atoms with Crippen LogP contribution in [0.5, 0.6) is 0 Å². The van der Waals surface area contributed by atoms with Crippen molar-refractivity contribution in [1.29, 1.82) is 0 Å². The van der Waals surface area contributed by atoms with Crippen LogP contribution in [0.2, 0.25) is 0 Å².